The van der Waals surface area contributed by atoms with Crippen molar-refractivity contribution in [2.75, 3.05) is 6.54 Å². The number of nitrogens with zero attached hydrogens (tertiary/aromatic N) is 2. The number of carbonyl (C=O) groups excluding carboxylic acids is 2. The molecule has 0 saturated carbocycles. The monoisotopic (exact) mass is 592 g/mol. The van der Waals surface area contributed by atoms with Gasteiger partial charge in [-0.25, -0.2) is 17.7 Å². The van der Waals surface area contributed by atoms with Crippen molar-refractivity contribution < 1.29 is 22.5 Å². The highest BCUT2D eigenvalue weighted by Gasteiger charge is 2.56. The maximum Gasteiger partial charge on any atom is 0.315 e. The lowest BCUT2D eigenvalue weighted by Crippen LogP contribution is -2.62. The fourth-order valence-corrected chi connectivity index (χ4v) is 9.83. The van der Waals surface area contributed by atoms with E-state index in [1.807, 2.05) is 60.7 Å². The fourth-order valence-electron chi connectivity index (χ4n) is 6.49. The number of nitriles is 1. The van der Waals surface area contributed by atoms with Crippen LogP contribution in [0.2, 0.25) is 0 Å². The van der Waals surface area contributed by atoms with Gasteiger partial charge in [0.05, 0.1) is 19.0 Å². The molecule has 0 bridgehead atoms. The Hall–Kier alpha value is -3.32. The van der Waals surface area contributed by atoms with E-state index in [0.717, 1.165) is 22.5 Å². The van der Waals surface area contributed by atoms with Crippen LogP contribution in [0.25, 0.3) is 0 Å². The topological polar surface area (TPSA) is 118 Å². The third kappa shape index (κ3) is 5.61. The molecule has 0 aliphatic carbocycles. The van der Waals surface area contributed by atoms with Crippen LogP contribution in [0.15, 0.2) is 82.4 Å². The summed E-state index contributed by atoms with van der Waals surface area (Å²) in [4.78, 5) is 27.2. The predicted molar refractivity (Wildman–Crippen MR) is 160 cm³/mol. The Bertz CT molecular complexity index is 1450. The van der Waals surface area contributed by atoms with Crippen molar-refractivity contribution in [3.63, 3.8) is 0 Å². The normalized spacial score (nSPS) is 20.5. The predicted octanol–water partition coefficient (Wildman–Crippen LogP) is 5.78. The van der Waals surface area contributed by atoms with E-state index < -0.39 is 38.5 Å². The summed E-state index contributed by atoms with van der Waals surface area (Å²) in [6, 6.07) is 23.8. The zero-order chi connectivity index (χ0) is 29.7. The number of unbranched alkanes of at least 4 members (excludes halogenated alkanes) is 1. The molecule has 1 fully saturated rings. The van der Waals surface area contributed by atoms with Crippen LogP contribution in [-0.2, 0) is 19.4 Å². The lowest BCUT2D eigenvalue weighted by molar-refractivity contribution is -0.882. The van der Waals surface area contributed by atoms with Gasteiger partial charge in [0.15, 0.2) is 10.8 Å². The molecule has 7 nitrogen and oxygen atoms in total. The molecule has 1 aliphatic heterocycles. The number of likely N-dealkylation sites (tertiary alicyclic amines) is 1. The first-order chi connectivity index (χ1) is 19.6. The molecule has 1 aromatic heterocycles. The molecule has 1 saturated heterocycles. The third-order valence-electron chi connectivity index (χ3n) is 8.60. The molecule has 2 amide bonds. The third-order valence-corrected chi connectivity index (χ3v) is 12.6. The first-order valence-electron chi connectivity index (χ1n) is 14.1. The Balaban J connectivity index is 1.64. The van der Waals surface area contributed by atoms with E-state index in [1.165, 1.54) is 6.07 Å². The second-order valence-electron chi connectivity index (χ2n) is 11.1. The zero-order valence-electron chi connectivity index (χ0n) is 23.6. The van der Waals surface area contributed by atoms with E-state index in [-0.39, 0.29) is 27.4 Å². The van der Waals surface area contributed by atoms with Gasteiger partial charge in [-0.05, 0) is 30.2 Å². The summed E-state index contributed by atoms with van der Waals surface area (Å²) in [5, 5.41) is 11.9. The van der Waals surface area contributed by atoms with Crippen molar-refractivity contribution in [1.82, 2.24) is 0 Å². The molecule has 3 aromatic rings. The number of rotatable bonds is 12. The number of nitrogens with two attached hydrogens (primary N) is 1. The first kappa shape index (κ1) is 30.6. The molecule has 2 heterocycles. The molecule has 2 unspecified atom stereocenters. The summed E-state index contributed by atoms with van der Waals surface area (Å²) in [5.41, 5.74) is 7.83. The van der Waals surface area contributed by atoms with E-state index in [9.17, 15) is 23.3 Å². The van der Waals surface area contributed by atoms with Crippen LogP contribution in [0, 0.1) is 17.2 Å². The number of hydrogen-bond acceptors (Lipinski definition) is 6. The lowest BCUT2D eigenvalue weighted by Gasteiger charge is -2.43. The highest BCUT2D eigenvalue weighted by Crippen LogP contribution is 2.44. The molecular formula is C32H38N3O4S2+. The van der Waals surface area contributed by atoms with Gasteiger partial charge in [-0.3, -0.25) is 4.79 Å². The lowest BCUT2D eigenvalue weighted by atomic mass is 9.89. The number of carbonyl (C=O) groups is 2. The number of primary amides is 1. The van der Waals surface area contributed by atoms with Gasteiger partial charge in [-0.1, -0.05) is 87.0 Å². The Morgan fingerprint density at radius 3 is 2.12 bits per heavy atom. The molecule has 41 heavy (non-hydrogen) atoms. The van der Waals surface area contributed by atoms with Crippen molar-refractivity contribution in [1.29, 1.82) is 5.26 Å². The van der Waals surface area contributed by atoms with Gasteiger partial charge in [0.25, 0.3) is 5.91 Å². The Morgan fingerprint density at radius 2 is 1.63 bits per heavy atom. The number of benzene rings is 2. The van der Waals surface area contributed by atoms with E-state index >= 15 is 0 Å². The molecule has 216 valence electrons. The summed E-state index contributed by atoms with van der Waals surface area (Å²) in [5.74, 6) is -1.01. The Labute approximate surface area is 247 Å². The summed E-state index contributed by atoms with van der Waals surface area (Å²) in [6.45, 7) is 4.00. The van der Waals surface area contributed by atoms with Gasteiger partial charge >= 0.3 is 5.91 Å². The van der Waals surface area contributed by atoms with E-state index in [2.05, 4.69) is 6.07 Å². The van der Waals surface area contributed by atoms with Crippen LogP contribution >= 0.6 is 11.3 Å². The fraction of sp³-hybridized carbons (Fsp3) is 0.406. The van der Waals surface area contributed by atoms with Gasteiger partial charge < -0.3 is 5.73 Å². The Morgan fingerprint density at radius 1 is 1.02 bits per heavy atom. The maximum absolute atomic E-state index is 14.4. The molecule has 1 aliphatic rings. The largest absolute Gasteiger partial charge is 0.364 e. The van der Waals surface area contributed by atoms with Gasteiger partial charge in [-0.2, -0.15) is 5.26 Å². The molecule has 3 atom stereocenters. The first-order valence-corrected chi connectivity index (χ1v) is 16.5. The summed E-state index contributed by atoms with van der Waals surface area (Å²) in [6.07, 6.45) is 2.27. The quantitative estimate of drug-likeness (QED) is 0.211. The number of amides is 2. The Kier molecular flexibility index (Phi) is 9.48. The number of hydrogen-bond donors (Lipinski definition) is 1. The minimum atomic E-state index is -3.90. The van der Waals surface area contributed by atoms with Gasteiger partial charge in [0, 0.05) is 24.0 Å². The average Bonchev–Trinajstić information content (AvgIpc) is 3.66. The van der Waals surface area contributed by atoms with Crippen LogP contribution in [0.3, 0.4) is 0 Å². The van der Waals surface area contributed by atoms with Crippen molar-refractivity contribution in [3.05, 3.63) is 89.3 Å². The van der Waals surface area contributed by atoms with E-state index in [4.69, 9.17) is 5.73 Å². The molecule has 2 aromatic carbocycles. The highest BCUT2D eigenvalue weighted by molar-refractivity contribution is 7.95. The van der Waals surface area contributed by atoms with Crippen molar-refractivity contribution in [2.45, 2.75) is 73.4 Å². The molecule has 4 rings (SSSR count). The van der Waals surface area contributed by atoms with Crippen LogP contribution in [0.4, 0.5) is 0 Å². The van der Waals surface area contributed by atoms with Crippen molar-refractivity contribution in [2.24, 2.45) is 11.7 Å². The molecular weight excluding hydrogens is 555 g/mol. The van der Waals surface area contributed by atoms with Crippen LogP contribution in [-0.4, -0.2) is 42.0 Å². The van der Waals surface area contributed by atoms with E-state index in [0.29, 0.717) is 32.2 Å². The minimum Gasteiger partial charge on any atom is -0.364 e. The molecule has 0 spiro atoms. The number of quaternary nitrogens is 1. The van der Waals surface area contributed by atoms with Gasteiger partial charge in [0.1, 0.15) is 10.3 Å². The highest BCUT2D eigenvalue weighted by atomic mass is 32.2. The molecule has 0 radical (unpaired) electrons. The van der Waals surface area contributed by atoms with Crippen molar-refractivity contribution >= 4 is 33.0 Å². The maximum atomic E-state index is 14.4. The van der Waals surface area contributed by atoms with E-state index in [1.54, 1.807) is 25.3 Å². The van der Waals surface area contributed by atoms with Crippen LogP contribution < -0.4 is 5.73 Å². The van der Waals surface area contributed by atoms with Crippen molar-refractivity contribution in [3.8, 4) is 6.07 Å². The van der Waals surface area contributed by atoms with Gasteiger partial charge in [0.2, 0.25) is 9.84 Å². The number of thiophene rings is 1. The minimum absolute atomic E-state index is 0.0789. The summed E-state index contributed by atoms with van der Waals surface area (Å²) in [7, 11) is -3.90. The smallest absolute Gasteiger partial charge is 0.315 e. The second-order valence-corrected chi connectivity index (χ2v) is 14.5. The molecule has 2 N–H and O–H groups in total. The summed E-state index contributed by atoms with van der Waals surface area (Å²) >= 11 is 1.11. The van der Waals surface area contributed by atoms with Crippen LogP contribution in [0.1, 0.15) is 69.5 Å². The van der Waals surface area contributed by atoms with Gasteiger partial charge in [-0.15, -0.1) is 11.3 Å². The second kappa shape index (κ2) is 12.7. The average molecular weight is 593 g/mol. The van der Waals surface area contributed by atoms with Crippen LogP contribution in [0.5, 0.6) is 0 Å². The SMILES string of the molecule is CC(C)C(C#N)(CCCCC(=O)[N@@+]1(C(c2ccccc2)c2ccccc2)CCCC1C(N)=O)S(=O)(=O)c1cccs1. The zero-order valence-corrected chi connectivity index (χ0v) is 25.2. The molecule has 9 heteroatoms. The summed E-state index contributed by atoms with van der Waals surface area (Å²) < 4.78 is 25.6. The standard InChI is InChI=1S/C32H37N3O4S2/c1-24(2)32(23-33,41(38,39)29-19-12-22-40-29)20-10-9-18-28(36)35(21-11-17-27(35)31(34)37)30(25-13-5-3-6-14-25)26-15-7-4-8-16-26/h3-8,12-16,19,22,24,27,30H,9-11,17-18,20-21H2,1-2H3,(H-,34,37)/p+1/t27?,32?,35-/m1/s1. The number of sulfone groups is 1.